The summed E-state index contributed by atoms with van der Waals surface area (Å²) in [7, 11) is 5.35. The monoisotopic (exact) mass is 311 g/mol. The molecule has 0 amide bonds. The van der Waals surface area contributed by atoms with Gasteiger partial charge in [-0.25, -0.2) is 0 Å². The molecule has 5 nitrogen and oxygen atoms in total. The first kappa shape index (κ1) is 20.5. The lowest BCUT2D eigenvalue weighted by atomic mass is 9.92. The molecule has 0 aromatic heterocycles. The third-order valence-electron chi connectivity index (χ3n) is 3.10. The second-order valence-corrected chi connectivity index (χ2v) is 6.68. The van der Waals surface area contributed by atoms with Crippen molar-refractivity contribution in [2.45, 2.75) is 44.6 Å². The Labute approximate surface area is 133 Å². The van der Waals surface area contributed by atoms with Crippen LogP contribution >= 0.6 is 0 Å². The Morgan fingerprint density at radius 1 is 1.18 bits per heavy atom. The van der Waals surface area contributed by atoms with Crippen LogP contribution in [0.15, 0.2) is 24.3 Å². The summed E-state index contributed by atoms with van der Waals surface area (Å²) in [6, 6.07) is 0. The first-order chi connectivity index (χ1) is 10.1. The number of aliphatic carboxylic acids is 1. The van der Waals surface area contributed by atoms with Crippen LogP contribution in [0.3, 0.4) is 0 Å². The molecule has 0 bridgehead atoms. The third-order valence-corrected chi connectivity index (χ3v) is 3.10. The lowest BCUT2D eigenvalue weighted by Gasteiger charge is -2.34. The van der Waals surface area contributed by atoms with Crippen molar-refractivity contribution in [2.24, 2.45) is 0 Å². The first-order valence-electron chi connectivity index (χ1n) is 7.71. The van der Waals surface area contributed by atoms with Crippen LogP contribution in [-0.4, -0.2) is 54.6 Å². The Morgan fingerprint density at radius 2 is 1.82 bits per heavy atom. The van der Waals surface area contributed by atoms with Gasteiger partial charge in [0.05, 0.1) is 21.1 Å². The number of carbonyl (C=O) groups excluding carboxylic acids is 2. The van der Waals surface area contributed by atoms with Crippen LogP contribution < -0.4 is 5.11 Å². The van der Waals surface area contributed by atoms with Crippen molar-refractivity contribution in [3.8, 4) is 0 Å². The van der Waals surface area contributed by atoms with Crippen LogP contribution in [0.1, 0.15) is 39.0 Å². The number of rotatable bonds is 11. The maximum Gasteiger partial charge on any atom is 0.193 e. The van der Waals surface area contributed by atoms with Crippen LogP contribution in [0.25, 0.3) is 0 Å². The van der Waals surface area contributed by atoms with Crippen molar-refractivity contribution in [3.63, 3.8) is 0 Å². The summed E-state index contributed by atoms with van der Waals surface area (Å²) in [6.45, 7) is 2.14. The highest BCUT2D eigenvalue weighted by atomic mass is 16.4. The molecule has 0 heterocycles. The summed E-state index contributed by atoms with van der Waals surface area (Å²) < 4.78 is 0.274. The smallest absolute Gasteiger partial charge is 0.193 e. The van der Waals surface area contributed by atoms with E-state index in [9.17, 15) is 19.8 Å². The van der Waals surface area contributed by atoms with Crippen molar-refractivity contribution in [3.05, 3.63) is 24.3 Å². The van der Waals surface area contributed by atoms with E-state index in [1.165, 1.54) is 12.5 Å². The van der Waals surface area contributed by atoms with E-state index < -0.39 is 23.8 Å². The van der Waals surface area contributed by atoms with Gasteiger partial charge in [-0.3, -0.25) is 4.79 Å². The van der Waals surface area contributed by atoms with Gasteiger partial charge in [0.25, 0.3) is 0 Å². The highest BCUT2D eigenvalue weighted by Crippen LogP contribution is 2.16. The number of nitrogens with zero attached hydrogens (tertiary/aromatic N) is 1. The van der Waals surface area contributed by atoms with Crippen molar-refractivity contribution in [2.75, 3.05) is 27.7 Å². The topological polar surface area (TPSA) is 77.4 Å². The first-order valence-corrected chi connectivity index (χ1v) is 7.71. The fraction of sp³-hybridized carbons (Fsp3) is 0.647. The van der Waals surface area contributed by atoms with Crippen molar-refractivity contribution in [1.29, 1.82) is 0 Å². The standard InChI is InChI=1S/C17H29NO4/c1-5-6-7-8-9-10-11-12-15(19)17(22,13-16(20)21)14-18(2,3)4/h9-12,22H,5-8,13-14H2,1-4H3. The maximum atomic E-state index is 12.1. The second-order valence-electron chi connectivity index (χ2n) is 6.68. The number of carboxylic acid groups (broad SMARTS) is 1. The van der Waals surface area contributed by atoms with Crippen LogP contribution in [0, 0.1) is 0 Å². The van der Waals surface area contributed by atoms with Gasteiger partial charge in [-0.15, -0.1) is 0 Å². The van der Waals surface area contributed by atoms with E-state index in [2.05, 4.69) is 6.92 Å². The van der Waals surface area contributed by atoms with Gasteiger partial charge in [0.1, 0.15) is 6.54 Å². The van der Waals surface area contributed by atoms with Gasteiger partial charge in [0.15, 0.2) is 11.4 Å². The highest BCUT2D eigenvalue weighted by molar-refractivity contribution is 5.99. The minimum Gasteiger partial charge on any atom is -0.550 e. The molecule has 0 saturated carbocycles. The molecule has 0 radical (unpaired) electrons. The van der Waals surface area contributed by atoms with E-state index in [1.54, 1.807) is 33.3 Å². The van der Waals surface area contributed by atoms with Gasteiger partial charge in [-0.05, 0) is 18.9 Å². The zero-order valence-corrected chi connectivity index (χ0v) is 14.2. The quantitative estimate of drug-likeness (QED) is 0.265. The number of carboxylic acids is 1. The average Bonchev–Trinajstić information content (AvgIpc) is 2.34. The minimum absolute atomic E-state index is 0.00433. The van der Waals surface area contributed by atoms with E-state index in [0.717, 1.165) is 19.3 Å². The van der Waals surface area contributed by atoms with Gasteiger partial charge < -0.3 is 19.5 Å². The van der Waals surface area contributed by atoms with Crippen LogP contribution in [0.4, 0.5) is 0 Å². The Hall–Kier alpha value is -1.46. The number of hydrogen-bond donors (Lipinski definition) is 1. The van der Waals surface area contributed by atoms with Gasteiger partial charge in [0.2, 0.25) is 0 Å². The summed E-state index contributed by atoms with van der Waals surface area (Å²) in [6.07, 6.45) is 10.1. The second kappa shape index (κ2) is 9.54. The predicted octanol–water partition coefficient (Wildman–Crippen LogP) is 0.825. The van der Waals surface area contributed by atoms with E-state index in [1.807, 2.05) is 6.08 Å². The molecule has 0 aromatic rings. The van der Waals surface area contributed by atoms with Crippen molar-refractivity contribution >= 4 is 11.8 Å². The maximum absolute atomic E-state index is 12.1. The number of likely N-dealkylation sites (N-methyl/N-ethyl adjacent to an activating group) is 1. The van der Waals surface area contributed by atoms with E-state index in [-0.39, 0.29) is 11.0 Å². The Kier molecular flexibility index (Phi) is 8.90. The van der Waals surface area contributed by atoms with Crippen LogP contribution in [-0.2, 0) is 9.59 Å². The normalized spacial score (nSPS) is 15.3. The number of unbranched alkanes of at least 4 members (excludes halogenated alkanes) is 3. The molecule has 0 spiro atoms. The molecule has 1 N–H and O–H groups in total. The SMILES string of the molecule is CCCCCC=CC=CC(=O)C(O)(CC(=O)[O-])C[N+](C)(C)C. The molecule has 0 fully saturated rings. The number of quaternary nitrogens is 1. The van der Waals surface area contributed by atoms with Crippen LogP contribution in [0.5, 0.6) is 0 Å². The Balaban J connectivity index is 4.73. The molecule has 0 aliphatic carbocycles. The molecular weight excluding hydrogens is 282 g/mol. The molecule has 126 valence electrons. The summed E-state index contributed by atoms with van der Waals surface area (Å²) in [5.74, 6) is -2.05. The van der Waals surface area contributed by atoms with Gasteiger partial charge in [-0.1, -0.05) is 38.0 Å². The van der Waals surface area contributed by atoms with E-state index in [0.29, 0.717) is 0 Å². The molecule has 1 atom stereocenters. The van der Waals surface area contributed by atoms with Crippen LogP contribution in [0.2, 0.25) is 0 Å². The molecule has 22 heavy (non-hydrogen) atoms. The molecule has 0 aliphatic rings. The van der Waals surface area contributed by atoms with E-state index in [4.69, 9.17) is 0 Å². The number of carbonyl (C=O) groups is 2. The average molecular weight is 311 g/mol. The Morgan fingerprint density at radius 3 is 2.32 bits per heavy atom. The largest absolute Gasteiger partial charge is 0.550 e. The lowest BCUT2D eigenvalue weighted by molar-refractivity contribution is -0.875. The molecule has 5 heteroatoms. The van der Waals surface area contributed by atoms with Gasteiger partial charge >= 0.3 is 0 Å². The lowest BCUT2D eigenvalue weighted by Crippen LogP contribution is -2.55. The number of ketones is 1. The molecule has 0 aliphatic heterocycles. The molecule has 1 unspecified atom stereocenters. The van der Waals surface area contributed by atoms with Crippen molar-refractivity contribution < 1.29 is 24.3 Å². The minimum atomic E-state index is -1.94. The zero-order chi connectivity index (χ0) is 17.2. The Bertz CT molecular complexity index is 421. The number of allylic oxidation sites excluding steroid dienone is 3. The highest BCUT2D eigenvalue weighted by Gasteiger charge is 2.39. The summed E-state index contributed by atoms with van der Waals surface area (Å²) >= 11 is 0. The summed E-state index contributed by atoms with van der Waals surface area (Å²) in [5, 5.41) is 21.2. The molecular formula is C17H29NO4. The summed E-state index contributed by atoms with van der Waals surface area (Å²) in [5.41, 5.74) is -1.94. The van der Waals surface area contributed by atoms with Gasteiger partial charge in [0, 0.05) is 12.4 Å². The van der Waals surface area contributed by atoms with Crippen molar-refractivity contribution in [1.82, 2.24) is 0 Å². The number of hydrogen-bond acceptors (Lipinski definition) is 4. The molecule has 0 aromatic carbocycles. The predicted molar refractivity (Wildman–Crippen MR) is 84.9 cm³/mol. The fourth-order valence-corrected chi connectivity index (χ4v) is 2.23. The number of aliphatic hydroxyl groups is 1. The summed E-state index contributed by atoms with van der Waals surface area (Å²) in [4.78, 5) is 23.0. The van der Waals surface area contributed by atoms with E-state index >= 15 is 0 Å². The fourth-order valence-electron chi connectivity index (χ4n) is 2.23. The third kappa shape index (κ3) is 9.47. The zero-order valence-electron chi connectivity index (χ0n) is 14.2. The molecule has 0 saturated heterocycles. The molecule has 0 rings (SSSR count). The van der Waals surface area contributed by atoms with Gasteiger partial charge in [-0.2, -0.15) is 0 Å².